The number of halogens is 5. The molecule has 0 saturated heterocycles. The van der Waals surface area contributed by atoms with E-state index in [1.807, 2.05) is 0 Å². The van der Waals surface area contributed by atoms with Crippen molar-refractivity contribution in [3.63, 3.8) is 0 Å². The predicted octanol–water partition coefficient (Wildman–Crippen LogP) is 3.43. The van der Waals surface area contributed by atoms with Gasteiger partial charge in [0.1, 0.15) is 4.84 Å². The van der Waals surface area contributed by atoms with Gasteiger partial charge in [-0.05, 0) is 12.5 Å². The first-order chi connectivity index (χ1) is 4.76. The Morgan fingerprint density at radius 2 is 1.73 bits per heavy atom. The van der Waals surface area contributed by atoms with E-state index >= 15 is 0 Å². The van der Waals surface area contributed by atoms with Gasteiger partial charge in [0.15, 0.2) is 0 Å². The Kier molecular flexibility index (Phi) is 4.86. The van der Waals surface area contributed by atoms with E-state index in [9.17, 15) is 0 Å². The molecule has 1 nitrogen and oxygen atoms in total. The van der Waals surface area contributed by atoms with Crippen molar-refractivity contribution in [2.75, 3.05) is 0 Å². The molecule has 11 heavy (non-hydrogen) atoms. The fourth-order valence-corrected chi connectivity index (χ4v) is 1.07. The van der Waals surface area contributed by atoms with E-state index in [4.69, 9.17) is 63.1 Å². The van der Waals surface area contributed by atoms with Gasteiger partial charge in [0.2, 0.25) is 0 Å². The van der Waals surface area contributed by atoms with Crippen molar-refractivity contribution in [3.05, 3.63) is 10.6 Å². The smallest absolute Gasteiger partial charge is 0.252 e. The van der Waals surface area contributed by atoms with Gasteiger partial charge in [0.05, 0.1) is 5.03 Å². The molecule has 0 unspecified atom stereocenters. The van der Waals surface area contributed by atoms with Crippen LogP contribution in [0.1, 0.15) is 6.92 Å². The van der Waals surface area contributed by atoms with Gasteiger partial charge in [-0.15, -0.1) is 23.2 Å². The minimum absolute atomic E-state index is 0.171. The summed E-state index contributed by atoms with van der Waals surface area (Å²) in [7, 11) is 0. The second-order valence-electron chi connectivity index (χ2n) is 1.84. The molecule has 0 bridgehead atoms. The largest absolute Gasteiger partial charge is 0.358 e. The van der Waals surface area contributed by atoms with Crippen LogP contribution in [0.5, 0.6) is 0 Å². The second kappa shape index (κ2) is 4.40. The lowest BCUT2D eigenvalue weighted by Gasteiger charge is -2.14. The molecule has 66 valence electrons. The molecule has 0 amide bonds. The zero-order chi connectivity index (χ0) is 9.23. The fraction of sp³-hybridized carbons (Fsp3) is 0.600. The van der Waals surface area contributed by atoms with Gasteiger partial charge < -0.3 is 5.11 Å². The summed E-state index contributed by atoms with van der Waals surface area (Å²) in [5.41, 5.74) is 0.322. The SMILES string of the molecule is CC(=C(Cl)C(O)(Cl)Cl)C(Cl)Cl. The minimum atomic E-state index is -2.12. The third kappa shape index (κ3) is 4.07. The summed E-state index contributed by atoms with van der Waals surface area (Å²) < 4.78 is -2.12. The summed E-state index contributed by atoms with van der Waals surface area (Å²) in [5, 5.41) is 8.76. The Hall–Kier alpha value is 1.15. The van der Waals surface area contributed by atoms with Crippen LogP contribution in [0, 0.1) is 0 Å². The zero-order valence-electron chi connectivity index (χ0n) is 5.41. The van der Waals surface area contributed by atoms with E-state index in [0.717, 1.165) is 0 Å². The van der Waals surface area contributed by atoms with E-state index < -0.39 is 9.36 Å². The lowest BCUT2D eigenvalue weighted by molar-refractivity contribution is 0.258. The second-order valence-corrected chi connectivity index (χ2v) is 4.60. The van der Waals surface area contributed by atoms with Crippen molar-refractivity contribution in [1.82, 2.24) is 0 Å². The molecule has 0 heterocycles. The first kappa shape index (κ1) is 12.2. The molecule has 0 atom stereocenters. The van der Waals surface area contributed by atoms with E-state index in [-0.39, 0.29) is 5.03 Å². The third-order valence-electron chi connectivity index (χ3n) is 0.938. The van der Waals surface area contributed by atoms with Gasteiger partial charge in [0.25, 0.3) is 4.52 Å². The van der Waals surface area contributed by atoms with Crippen LogP contribution in [0.25, 0.3) is 0 Å². The average molecular weight is 258 g/mol. The molecule has 0 radical (unpaired) electrons. The van der Waals surface area contributed by atoms with Crippen molar-refractivity contribution in [1.29, 1.82) is 0 Å². The van der Waals surface area contributed by atoms with Gasteiger partial charge in [0, 0.05) is 0 Å². The highest BCUT2D eigenvalue weighted by molar-refractivity contribution is 6.55. The summed E-state index contributed by atoms with van der Waals surface area (Å²) in [6.45, 7) is 1.52. The highest BCUT2D eigenvalue weighted by Crippen LogP contribution is 2.34. The van der Waals surface area contributed by atoms with Crippen LogP contribution in [0.2, 0.25) is 0 Å². The Bertz CT molecular complexity index is 168. The maximum absolute atomic E-state index is 8.93. The first-order valence-corrected chi connectivity index (χ1v) is 4.52. The molecule has 0 aliphatic heterocycles. The normalized spacial score (nSPS) is 15.3. The third-order valence-corrected chi connectivity index (χ3v) is 2.74. The average Bonchev–Trinajstić information content (AvgIpc) is 1.82. The van der Waals surface area contributed by atoms with Crippen LogP contribution in [-0.4, -0.2) is 14.5 Å². The first-order valence-electron chi connectivity index (χ1n) is 2.52. The summed E-state index contributed by atoms with van der Waals surface area (Å²) in [5.74, 6) is 0. The molecule has 0 aromatic rings. The highest BCUT2D eigenvalue weighted by Gasteiger charge is 2.27. The summed E-state index contributed by atoms with van der Waals surface area (Å²) in [4.78, 5) is -0.827. The lowest BCUT2D eigenvalue weighted by Crippen LogP contribution is -2.14. The molecular weight excluding hydrogens is 253 g/mol. The number of allylic oxidation sites excluding steroid dienone is 1. The quantitative estimate of drug-likeness (QED) is 0.752. The summed E-state index contributed by atoms with van der Waals surface area (Å²) in [6, 6.07) is 0. The molecule has 0 spiro atoms. The van der Waals surface area contributed by atoms with Crippen molar-refractivity contribution in [2.45, 2.75) is 16.3 Å². The van der Waals surface area contributed by atoms with Crippen molar-refractivity contribution < 1.29 is 5.11 Å². The molecular formula is C5H5Cl5O. The van der Waals surface area contributed by atoms with Gasteiger partial charge in [-0.3, -0.25) is 0 Å². The predicted molar refractivity (Wildman–Crippen MR) is 50.7 cm³/mol. The van der Waals surface area contributed by atoms with E-state index in [2.05, 4.69) is 0 Å². The molecule has 0 aromatic heterocycles. The Balaban J connectivity index is 4.67. The maximum atomic E-state index is 8.93. The van der Waals surface area contributed by atoms with Crippen LogP contribution < -0.4 is 0 Å². The van der Waals surface area contributed by atoms with Crippen LogP contribution in [0.15, 0.2) is 10.6 Å². The standard InChI is InChI=1S/C5H5Cl5O/c1-2(4(7)8)3(6)5(9,10)11/h4,11H,1H3. The highest BCUT2D eigenvalue weighted by atomic mass is 35.5. The molecule has 0 aliphatic rings. The van der Waals surface area contributed by atoms with Crippen LogP contribution in [0.3, 0.4) is 0 Å². The van der Waals surface area contributed by atoms with E-state index in [1.54, 1.807) is 0 Å². The Morgan fingerprint density at radius 3 is 1.82 bits per heavy atom. The van der Waals surface area contributed by atoms with Gasteiger partial charge >= 0.3 is 0 Å². The van der Waals surface area contributed by atoms with E-state index in [1.165, 1.54) is 6.92 Å². The maximum Gasteiger partial charge on any atom is 0.252 e. The molecule has 0 fully saturated rings. The van der Waals surface area contributed by atoms with Crippen LogP contribution in [0.4, 0.5) is 0 Å². The number of aliphatic hydroxyl groups is 1. The monoisotopic (exact) mass is 256 g/mol. The molecule has 6 heteroatoms. The number of rotatable bonds is 2. The lowest BCUT2D eigenvalue weighted by atomic mass is 10.3. The zero-order valence-corrected chi connectivity index (χ0v) is 9.19. The van der Waals surface area contributed by atoms with Crippen molar-refractivity contribution >= 4 is 58.0 Å². The van der Waals surface area contributed by atoms with Gasteiger partial charge in [-0.2, -0.15) is 0 Å². The number of alkyl halides is 4. The number of hydrogen-bond acceptors (Lipinski definition) is 1. The summed E-state index contributed by atoms with van der Waals surface area (Å²) in [6.07, 6.45) is 0. The Labute approximate surface area is 89.8 Å². The minimum Gasteiger partial charge on any atom is -0.358 e. The number of hydrogen-bond donors (Lipinski definition) is 1. The molecule has 0 rings (SSSR count). The summed E-state index contributed by atoms with van der Waals surface area (Å²) >= 11 is 26.8. The molecule has 0 aliphatic carbocycles. The van der Waals surface area contributed by atoms with Crippen molar-refractivity contribution in [3.8, 4) is 0 Å². The van der Waals surface area contributed by atoms with Crippen molar-refractivity contribution in [2.24, 2.45) is 0 Å². The molecule has 1 N–H and O–H groups in total. The van der Waals surface area contributed by atoms with E-state index in [0.29, 0.717) is 5.57 Å². The Morgan fingerprint density at radius 1 is 1.36 bits per heavy atom. The van der Waals surface area contributed by atoms with Gasteiger partial charge in [-0.25, -0.2) is 0 Å². The van der Waals surface area contributed by atoms with Gasteiger partial charge in [-0.1, -0.05) is 34.8 Å². The molecule has 0 saturated carbocycles. The van der Waals surface area contributed by atoms with Crippen LogP contribution >= 0.6 is 58.0 Å². The fourth-order valence-electron chi connectivity index (χ4n) is 0.333. The van der Waals surface area contributed by atoms with Crippen LogP contribution in [-0.2, 0) is 0 Å². The molecule has 0 aromatic carbocycles. The topological polar surface area (TPSA) is 20.2 Å².